The molecule has 1 N–H and O–H groups in total. The lowest BCUT2D eigenvalue weighted by molar-refractivity contribution is 0.0944. The summed E-state index contributed by atoms with van der Waals surface area (Å²) in [5.74, 6) is 0. The van der Waals surface area contributed by atoms with Gasteiger partial charge in [-0.3, -0.25) is 0 Å². The van der Waals surface area contributed by atoms with E-state index in [0.29, 0.717) is 6.10 Å². The number of aliphatic hydroxyl groups is 1. The summed E-state index contributed by atoms with van der Waals surface area (Å²) < 4.78 is 6.59. The van der Waals surface area contributed by atoms with Crippen LogP contribution in [0, 0.1) is 6.92 Å². The zero-order chi connectivity index (χ0) is 13.0. The van der Waals surface area contributed by atoms with E-state index in [1.54, 1.807) is 0 Å². The molecule has 0 spiro atoms. The molecule has 100 valence electrons. The van der Waals surface area contributed by atoms with Crippen LogP contribution in [0.4, 0.5) is 0 Å². The fourth-order valence-corrected chi connectivity index (χ4v) is 3.00. The minimum atomic E-state index is -0.374. The third-order valence-corrected chi connectivity index (χ3v) is 4.26. The lowest BCUT2D eigenvalue weighted by Crippen LogP contribution is -2.06. The van der Waals surface area contributed by atoms with Gasteiger partial charge in [0.15, 0.2) is 0 Å². The molecule has 18 heavy (non-hydrogen) atoms. The molecular formula is C15H21BrO2. The number of rotatable bonds is 5. The van der Waals surface area contributed by atoms with Gasteiger partial charge in [0.05, 0.1) is 12.2 Å². The Hall–Kier alpha value is -0.380. The summed E-state index contributed by atoms with van der Waals surface area (Å²) in [6.07, 6.45) is 5.33. The summed E-state index contributed by atoms with van der Waals surface area (Å²) in [6, 6.07) is 6.11. The van der Waals surface area contributed by atoms with E-state index < -0.39 is 0 Å². The van der Waals surface area contributed by atoms with Crippen LogP contribution < -0.4 is 0 Å². The molecule has 1 aliphatic heterocycles. The quantitative estimate of drug-likeness (QED) is 0.885. The second-order valence-corrected chi connectivity index (χ2v) is 5.96. The molecule has 0 radical (unpaired) electrons. The monoisotopic (exact) mass is 312 g/mol. The molecular weight excluding hydrogens is 292 g/mol. The maximum atomic E-state index is 10.2. The molecule has 2 atom stereocenters. The first kappa shape index (κ1) is 14.0. The molecule has 0 bridgehead atoms. The molecule has 0 amide bonds. The van der Waals surface area contributed by atoms with Crippen LogP contribution >= 0.6 is 15.9 Å². The Morgan fingerprint density at radius 2 is 2.33 bits per heavy atom. The molecule has 1 aromatic rings. The van der Waals surface area contributed by atoms with Gasteiger partial charge in [0, 0.05) is 11.1 Å². The highest BCUT2D eigenvalue weighted by Gasteiger charge is 2.17. The molecule has 1 aliphatic rings. The van der Waals surface area contributed by atoms with Crippen molar-refractivity contribution in [1.29, 1.82) is 0 Å². The number of ether oxygens (including phenoxy) is 1. The maximum Gasteiger partial charge on any atom is 0.0801 e. The summed E-state index contributed by atoms with van der Waals surface area (Å²) in [5, 5.41) is 10.2. The Bertz CT molecular complexity index is 386. The number of aryl methyl sites for hydroxylation is 1. The van der Waals surface area contributed by atoms with Crippen molar-refractivity contribution in [1.82, 2.24) is 0 Å². The Balaban J connectivity index is 1.83. The highest BCUT2D eigenvalue weighted by atomic mass is 79.9. The van der Waals surface area contributed by atoms with E-state index in [2.05, 4.69) is 28.9 Å². The zero-order valence-corrected chi connectivity index (χ0v) is 12.4. The Morgan fingerprint density at radius 1 is 1.50 bits per heavy atom. The molecule has 0 aliphatic carbocycles. The molecule has 1 aromatic carbocycles. The van der Waals surface area contributed by atoms with E-state index in [-0.39, 0.29) is 6.10 Å². The van der Waals surface area contributed by atoms with Crippen LogP contribution in [0.15, 0.2) is 22.7 Å². The van der Waals surface area contributed by atoms with Gasteiger partial charge in [0.1, 0.15) is 0 Å². The molecule has 2 nitrogen and oxygen atoms in total. The van der Waals surface area contributed by atoms with Crippen molar-refractivity contribution in [2.24, 2.45) is 0 Å². The minimum Gasteiger partial charge on any atom is -0.388 e. The van der Waals surface area contributed by atoms with E-state index in [1.807, 2.05) is 12.1 Å². The number of hydrogen-bond acceptors (Lipinski definition) is 2. The number of halogens is 1. The van der Waals surface area contributed by atoms with Crippen LogP contribution in [0.1, 0.15) is 49.3 Å². The van der Waals surface area contributed by atoms with Crippen molar-refractivity contribution in [2.45, 2.75) is 51.2 Å². The summed E-state index contributed by atoms with van der Waals surface area (Å²) in [5.41, 5.74) is 2.19. The van der Waals surface area contributed by atoms with Gasteiger partial charge in [0.25, 0.3) is 0 Å². The summed E-state index contributed by atoms with van der Waals surface area (Å²) in [4.78, 5) is 0. The van der Waals surface area contributed by atoms with Crippen LogP contribution in [-0.4, -0.2) is 17.8 Å². The van der Waals surface area contributed by atoms with E-state index in [0.717, 1.165) is 35.9 Å². The first-order valence-electron chi connectivity index (χ1n) is 6.72. The van der Waals surface area contributed by atoms with Crippen LogP contribution in [-0.2, 0) is 4.74 Å². The molecule has 0 saturated carbocycles. The molecule has 2 rings (SSSR count). The zero-order valence-electron chi connectivity index (χ0n) is 10.9. The van der Waals surface area contributed by atoms with Gasteiger partial charge in [-0.15, -0.1) is 0 Å². The molecule has 2 unspecified atom stereocenters. The van der Waals surface area contributed by atoms with Crippen LogP contribution in [0.3, 0.4) is 0 Å². The fourth-order valence-electron chi connectivity index (χ4n) is 2.48. The first-order chi connectivity index (χ1) is 8.66. The topological polar surface area (TPSA) is 29.5 Å². The normalized spacial score (nSPS) is 21.2. The van der Waals surface area contributed by atoms with Crippen molar-refractivity contribution < 1.29 is 9.84 Å². The third-order valence-electron chi connectivity index (χ3n) is 3.54. The van der Waals surface area contributed by atoms with Gasteiger partial charge in [-0.05, 0) is 50.7 Å². The Kier molecular flexibility index (Phi) is 5.22. The average Bonchev–Trinajstić information content (AvgIpc) is 2.85. The SMILES string of the molecule is Cc1ccc(Br)c(C(O)CCCC2CCCO2)c1. The van der Waals surface area contributed by atoms with Crippen molar-refractivity contribution in [3.05, 3.63) is 33.8 Å². The lowest BCUT2D eigenvalue weighted by atomic mass is 10.0. The van der Waals surface area contributed by atoms with Crippen molar-refractivity contribution in [3.8, 4) is 0 Å². The molecule has 1 fully saturated rings. The van der Waals surface area contributed by atoms with E-state index in [4.69, 9.17) is 4.74 Å². The maximum absolute atomic E-state index is 10.2. The minimum absolute atomic E-state index is 0.374. The highest BCUT2D eigenvalue weighted by molar-refractivity contribution is 9.10. The van der Waals surface area contributed by atoms with E-state index in [9.17, 15) is 5.11 Å². The number of hydrogen-bond donors (Lipinski definition) is 1. The predicted molar refractivity (Wildman–Crippen MR) is 76.7 cm³/mol. The first-order valence-corrected chi connectivity index (χ1v) is 7.52. The molecule has 1 saturated heterocycles. The largest absolute Gasteiger partial charge is 0.388 e. The van der Waals surface area contributed by atoms with Crippen LogP contribution in [0.25, 0.3) is 0 Å². The van der Waals surface area contributed by atoms with Gasteiger partial charge < -0.3 is 9.84 Å². The van der Waals surface area contributed by atoms with E-state index >= 15 is 0 Å². The van der Waals surface area contributed by atoms with Crippen molar-refractivity contribution >= 4 is 15.9 Å². The molecule has 3 heteroatoms. The van der Waals surface area contributed by atoms with Gasteiger partial charge in [-0.1, -0.05) is 33.6 Å². The second-order valence-electron chi connectivity index (χ2n) is 5.11. The molecule has 1 heterocycles. The van der Waals surface area contributed by atoms with Gasteiger partial charge in [0.2, 0.25) is 0 Å². The Morgan fingerprint density at radius 3 is 3.06 bits per heavy atom. The lowest BCUT2D eigenvalue weighted by Gasteiger charge is -2.15. The fraction of sp³-hybridized carbons (Fsp3) is 0.600. The highest BCUT2D eigenvalue weighted by Crippen LogP contribution is 2.29. The van der Waals surface area contributed by atoms with Gasteiger partial charge in [-0.2, -0.15) is 0 Å². The van der Waals surface area contributed by atoms with Crippen LogP contribution in [0.5, 0.6) is 0 Å². The second kappa shape index (κ2) is 6.69. The smallest absolute Gasteiger partial charge is 0.0801 e. The number of aliphatic hydroxyl groups excluding tert-OH is 1. The van der Waals surface area contributed by atoms with Crippen LogP contribution in [0.2, 0.25) is 0 Å². The summed E-state index contributed by atoms with van der Waals surface area (Å²) in [6.45, 7) is 2.96. The van der Waals surface area contributed by atoms with Gasteiger partial charge >= 0.3 is 0 Å². The summed E-state index contributed by atoms with van der Waals surface area (Å²) in [7, 11) is 0. The standard InChI is InChI=1S/C15H21BrO2/c1-11-7-8-14(16)13(10-11)15(17)6-2-4-12-5-3-9-18-12/h7-8,10,12,15,17H,2-6,9H2,1H3. The Labute approximate surface area is 117 Å². The van der Waals surface area contributed by atoms with Crippen molar-refractivity contribution in [2.75, 3.05) is 6.61 Å². The number of benzene rings is 1. The summed E-state index contributed by atoms with van der Waals surface area (Å²) >= 11 is 3.50. The van der Waals surface area contributed by atoms with E-state index in [1.165, 1.54) is 18.4 Å². The third kappa shape index (κ3) is 3.81. The van der Waals surface area contributed by atoms with Crippen molar-refractivity contribution in [3.63, 3.8) is 0 Å². The van der Waals surface area contributed by atoms with Gasteiger partial charge in [-0.25, -0.2) is 0 Å². The average molecular weight is 313 g/mol. The molecule has 0 aromatic heterocycles. The predicted octanol–water partition coefficient (Wildman–Crippen LogP) is 4.14.